The van der Waals surface area contributed by atoms with Crippen LogP contribution in [-0.2, 0) is 42.4 Å². The summed E-state index contributed by atoms with van der Waals surface area (Å²) >= 11 is 8.50. The maximum absolute atomic E-state index is 6.75. The van der Waals surface area contributed by atoms with Crippen LogP contribution >= 0.6 is 33.6 Å². The Morgan fingerprint density at radius 2 is 0.765 bits per heavy atom. The molecule has 0 heterocycles. The molecule has 0 radical (unpaired) electrons. The van der Waals surface area contributed by atoms with Crippen molar-refractivity contribution in [3.63, 3.8) is 0 Å². The van der Waals surface area contributed by atoms with Gasteiger partial charge < -0.3 is 0 Å². The van der Waals surface area contributed by atoms with Gasteiger partial charge in [-0.25, -0.2) is 0 Å². The van der Waals surface area contributed by atoms with E-state index in [0.717, 1.165) is 10.6 Å². The van der Waals surface area contributed by atoms with Gasteiger partial charge >= 0.3 is 153 Å². The topological polar surface area (TPSA) is 0 Å². The Kier molecular flexibility index (Phi) is 13.6. The van der Waals surface area contributed by atoms with E-state index in [4.69, 9.17) is 11.2 Å². The molecule has 0 unspecified atom stereocenters. The van der Waals surface area contributed by atoms with E-state index < -0.39 is 13.2 Å². The summed E-state index contributed by atoms with van der Waals surface area (Å²) in [7, 11) is 2.94. The summed E-state index contributed by atoms with van der Waals surface area (Å²) in [5, 5.41) is 4.52. The molecule has 34 heavy (non-hydrogen) atoms. The first kappa shape index (κ1) is 31.8. The standard InChI is InChI=1S/C14H14ClP.C14H14P.2Au.ClH/c1-16(2,15,13-9-5-3-6-10-13)14-11-7-4-8-12-14;1-15(2,13-9-5-3-6-10-13)14-11-7-4-8-12-14;;;/h3-12H,1-2H2;3-12H,1-2H2;;;1H/q-2;-1;2*+1;/p-1. The molecular formula is C28H28Au2Cl2P2-2. The van der Waals surface area contributed by atoms with Crippen molar-refractivity contribution in [1.29, 1.82) is 0 Å². The van der Waals surface area contributed by atoms with E-state index in [-0.39, 0.29) is 22.4 Å². The van der Waals surface area contributed by atoms with Crippen molar-refractivity contribution in [3.8, 4) is 0 Å². The summed E-state index contributed by atoms with van der Waals surface area (Å²) in [5.41, 5.74) is 0. The van der Waals surface area contributed by atoms with Crippen molar-refractivity contribution < 1.29 is 42.4 Å². The van der Waals surface area contributed by atoms with Crippen LogP contribution in [0.15, 0.2) is 121 Å². The zero-order valence-corrected chi connectivity index (χ0v) is 26.3. The fraction of sp³-hybridized carbons (Fsp3) is 0. The molecule has 0 saturated heterocycles. The van der Waals surface area contributed by atoms with Crippen LogP contribution in [0, 0.1) is 26.7 Å². The number of hydrogen-bond acceptors (Lipinski definition) is 0. The van der Waals surface area contributed by atoms with Gasteiger partial charge in [0.25, 0.3) is 0 Å². The quantitative estimate of drug-likeness (QED) is 0.111. The number of hydrogen-bond donors (Lipinski definition) is 0. The Morgan fingerprint density at radius 1 is 0.529 bits per heavy atom. The van der Waals surface area contributed by atoms with Gasteiger partial charge in [0.15, 0.2) is 0 Å². The molecule has 4 aromatic rings. The first-order valence-corrected chi connectivity index (χ1v) is 18.4. The Bertz CT molecular complexity index is 999. The van der Waals surface area contributed by atoms with Crippen molar-refractivity contribution in [2.75, 3.05) is 0 Å². The fourth-order valence-electron chi connectivity index (χ4n) is 3.26. The van der Waals surface area contributed by atoms with E-state index in [2.05, 4.69) is 60.1 Å². The minimum atomic E-state index is -2.96. The van der Waals surface area contributed by atoms with Gasteiger partial charge in [0.05, 0.1) is 0 Å². The average Bonchev–Trinajstić information content (AvgIpc) is 2.88. The molecule has 0 nitrogen and oxygen atoms in total. The minimum absolute atomic E-state index is 0. The van der Waals surface area contributed by atoms with Gasteiger partial charge in [0.1, 0.15) is 0 Å². The molecule has 4 rings (SSSR count). The second-order valence-electron chi connectivity index (χ2n) is 7.69. The van der Waals surface area contributed by atoms with Crippen LogP contribution in [0.1, 0.15) is 0 Å². The van der Waals surface area contributed by atoms with Crippen LogP contribution in [0.4, 0.5) is 0 Å². The average molecular weight is 891 g/mol. The molecular weight excluding hydrogens is 863 g/mol. The summed E-state index contributed by atoms with van der Waals surface area (Å²) in [6.07, 6.45) is 0. The normalized spacial score (nSPS) is 11.8. The van der Waals surface area contributed by atoms with Crippen molar-refractivity contribution in [3.05, 3.63) is 148 Å². The Morgan fingerprint density at radius 3 is 1.03 bits per heavy atom. The third kappa shape index (κ3) is 8.44. The maximum atomic E-state index is 6.75. The van der Waals surface area contributed by atoms with Crippen LogP contribution in [0.5, 0.6) is 0 Å². The number of rotatable bonds is 4. The van der Waals surface area contributed by atoms with E-state index in [1.165, 1.54) is 10.6 Å². The predicted molar refractivity (Wildman–Crippen MR) is 151 cm³/mol. The first-order chi connectivity index (χ1) is 15.7. The summed E-state index contributed by atoms with van der Waals surface area (Å²) in [6.45, 7) is 17.1. The van der Waals surface area contributed by atoms with Gasteiger partial charge in [-0.2, -0.15) is 20.6 Å². The molecule has 4 aromatic carbocycles. The molecule has 0 aliphatic carbocycles. The van der Waals surface area contributed by atoms with E-state index in [9.17, 15) is 0 Å². The number of halogens is 2. The van der Waals surface area contributed by atoms with Gasteiger partial charge in [0, 0.05) is 10.6 Å². The molecule has 0 aliphatic rings. The van der Waals surface area contributed by atoms with E-state index in [1.54, 1.807) is 20.0 Å². The van der Waals surface area contributed by atoms with Crippen molar-refractivity contribution in [2.24, 2.45) is 0 Å². The number of benzene rings is 4. The Labute approximate surface area is 243 Å². The monoisotopic (exact) mass is 890 g/mol. The summed E-state index contributed by atoms with van der Waals surface area (Å²) in [5.74, 6) is -2.96. The van der Waals surface area contributed by atoms with Gasteiger partial charge in [-0.1, -0.05) is 36.4 Å². The molecule has 0 aromatic heterocycles. The summed E-state index contributed by atoms with van der Waals surface area (Å²) < 4.78 is 0. The molecule has 6 heteroatoms. The van der Waals surface area contributed by atoms with Crippen molar-refractivity contribution in [2.45, 2.75) is 0 Å². The Balaban J connectivity index is 0.000000309. The Hall–Kier alpha value is -0.199. The third-order valence-corrected chi connectivity index (χ3v) is 11.9. The molecule has 188 valence electrons. The second-order valence-corrected chi connectivity index (χ2v) is 16.9. The molecule has 0 aliphatic heterocycles. The fourth-order valence-corrected chi connectivity index (χ4v) is 7.73. The molecule has 0 bridgehead atoms. The molecule has 0 saturated carbocycles. The second kappa shape index (κ2) is 14.5. The van der Waals surface area contributed by atoms with Crippen molar-refractivity contribution >= 4 is 54.9 Å². The van der Waals surface area contributed by atoms with Crippen LogP contribution in [0.2, 0.25) is 0 Å². The van der Waals surface area contributed by atoms with Gasteiger partial charge in [-0.15, -0.1) is 0 Å². The van der Waals surface area contributed by atoms with E-state index in [1.807, 2.05) is 97.1 Å². The molecule has 0 fully saturated rings. The molecule has 0 N–H and O–H groups in total. The summed E-state index contributed by atoms with van der Waals surface area (Å²) in [4.78, 5) is 0. The van der Waals surface area contributed by atoms with Gasteiger partial charge in [0.2, 0.25) is 0 Å². The van der Waals surface area contributed by atoms with Crippen LogP contribution in [-0.4, -0.2) is 0 Å². The van der Waals surface area contributed by atoms with E-state index >= 15 is 0 Å². The van der Waals surface area contributed by atoms with Crippen LogP contribution in [0.3, 0.4) is 0 Å². The van der Waals surface area contributed by atoms with Crippen molar-refractivity contribution in [1.82, 2.24) is 0 Å². The molecule has 0 atom stereocenters. The zero-order valence-electron chi connectivity index (χ0n) is 18.6. The molecule has 0 spiro atoms. The molecule has 0 amide bonds. The van der Waals surface area contributed by atoms with Crippen LogP contribution < -0.4 is 21.2 Å². The van der Waals surface area contributed by atoms with E-state index in [0.29, 0.717) is 0 Å². The van der Waals surface area contributed by atoms with Gasteiger partial charge in [-0.3, -0.25) is 0 Å². The SMILES string of the molecule is [Au+].[CH2-]P([CH2-])(Cl)(c1ccccc1)c1ccccc1.[CH2-][P+]([CH2-])(c1ccccc1)c1ccccc1.[Cl][Au]. The third-order valence-electron chi connectivity index (χ3n) is 5.20. The predicted octanol–water partition coefficient (Wildman–Crippen LogP) is 7.85. The van der Waals surface area contributed by atoms with Gasteiger partial charge in [-0.05, 0) is 24.3 Å². The summed E-state index contributed by atoms with van der Waals surface area (Å²) in [6, 6.07) is 40.5. The first-order valence-electron chi connectivity index (χ1n) is 10.1. The van der Waals surface area contributed by atoms with Crippen LogP contribution in [0.25, 0.3) is 0 Å². The zero-order chi connectivity index (χ0) is 24.4.